The van der Waals surface area contributed by atoms with Crippen molar-refractivity contribution in [2.75, 3.05) is 11.9 Å². The van der Waals surface area contributed by atoms with Gasteiger partial charge in [0.15, 0.2) is 0 Å². The highest BCUT2D eigenvalue weighted by atomic mass is 79.9. The molecule has 0 saturated carbocycles. The summed E-state index contributed by atoms with van der Waals surface area (Å²) in [6.45, 7) is 2.20. The van der Waals surface area contributed by atoms with Gasteiger partial charge in [0.1, 0.15) is 0 Å². The van der Waals surface area contributed by atoms with Gasteiger partial charge < -0.3 is 10.4 Å². The van der Waals surface area contributed by atoms with Gasteiger partial charge in [-0.15, -0.1) is 0 Å². The lowest BCUT2D eigenvalue weighted by atomic mass is 10.2. The lowest BCUT2D eigenvalue weighted by molar-refractivity contribution is 0.208. The molecule has 1 rings (SSSR count). The fourth-order valence-electron chi connectivity index (χ4n) is 0.986. The molecule has 0 fully saturated rings. The number of nitrogens with one attached hydrogen (secondary N) is 1. The minimum atomic E-state index is -0.391. The van der Waals surface area contributed by atoms with Gasteiger partial charge in [-0.3, -0.25) is 0 Å². The van der Waals surface area contributed by atoms with Gasteiger partial charge in [0.2, 0.25) is 0 Å². The van der Waals surface area contributed by atoms with E-state index in [1.165, 1.54) is 0 Å². The molecule has 1 unspecified atom stereocenters. The molecule has 1 aromatic rings. The first-order valence-corrected chi connectivity index (χ1v) is 5.04. The number of nitriles is 1. The summed E-state index contributed by atoms with van der Waals surface area (Å²) < 4.78 is 0.831. The molecule has 0 bridgehead atoms. The minimum Gasteiger partial charge on any atom is -0.392 e. The van der Waals surface area contributed by atoms with Crippen LogP contribution in [0.1, 0.15) is 12.5 Å². The Morgan fingerprint density at radius 3 is 2.86 bits per heavy atom. The summed E-state index contributed by atoms with van der Waals surface area (Å²) in [5.41, 5.74) is 1.49. The first-order chi connectivity index (χ1) is 6.63. The molecule has 0 aliphatic heterocycles. The van der Waals surface area contributed by atoms with E-state index in [2.05, 4.69) is 27.3 Å². The number of anilines is 1. The molecule has 14 heavy (non-hydrogen) atoms. The second-order valence-corrected chi connectivity index (χ2v) is 3.89. The molecule has 3 nitrogen and oxygen atoms in total. The molecule has 0 radical (unpaired) electrons. The highest BCUT2D eigenvalue weighted by molar-refractivity contribution is 9.10. The Balaban J connectivity index is 2.75. The number of hydrogen-bond acceptors (Lipinski definition) is 3. The molecule has 2 N–H and O–H groups in total. The molecule has 1 aromatic carbocycles. The molecular weight excluding hydrogens is 244 g/mol. The molecule has 74 valence electrons. The van der Waals surface area contributed by atoms with Crippen LogP contribution < -0.4 is 5.32 Å². The number of halogens is 1. The number of benzene rings is 1. The summed E-state index contributed by atoms with van der Waals surface area (Å²) >= 11 is 3.34. The molecule has 0 aliphatic rings. The molecule has 4 heteroatoms. The fraction of sp³-hybridized carbons (Fsp3) is 0.300. The zero-order valence-corrected chi connectivity index (χ0v) is 9.37. The van der Waals surface area contributed by atoms with Crippen LogP contribution in [0.15, 0.2) is 22.7 Å². The molecule has 0 heterocycles. The summed E-state index contributed by atoms with van der Waals surface area (Å²) in [5, 5.41) is 20.8. The van der Waals surface area contributed by atoms with Gasteiger partial charge in [-0.05, 0) is 41.1 Å². The van der Waals surface area contributed by atoms with Crippen molar-refractivity contribution >= 4 is 21.6 Å². The maximum absolute atomic E-state index is 9.08. The van der Waals surface area contributed by atoms with E-state index in [0.29, 0.717) is 12.1 Å². The number of nitrogens with zero attached hydrogens (tertiary/aromatic N) is 1. The van der Waals surface area contributed by atoms with Gasteiger partial charge in [-0.25, -0.2) is 0 Å². The van der Waals surface area contributed by atoms with Crippen molar-refractivity contribution in [2.45, 2.75) is 13.0 Å². The standard InChI is InChI=1S/C10H11BrN2O/c1-7(14)6-13-10-3-2-8(5-12)4-9(10)11/h2-4,7,13-14H,6H2,1H3. The average Bonchev–Trinajstić information content (AvgIpc) is 2.15. The first kappa shape index (κ1) is 11.0. The highest BCUT2D eigenvalue weighted by Crippen LogP contribution is 2.23. The van der Waals surface area contributed by atoms with Gasteiger partial charge in [0.05, 0.1) is 17.7 Å². The van der Waals surface area contributed by atoms with E-state index in [0.717, 1.165) is 10.2 Å². The molecular formula is C10H11BrN2O. The monoisotopic (exact) mass is 254 g/mol. The van der Waals surface area contributed by atoms with Gasteiger partial charge in [-0.1, -0.05) is 0 Å². The van der Waals surface area contributed by atoms with Gasteiger partial charge >= 0.3 is 0 Å². The van der Waals surface area contributed by atoms with Crippen LogP contribution in [0.2, 0.25) is 0 Å². The third-order valence-electron chi connectivity index (χ3n) is 1.69. The lowest BCUT2D eigenvalue weighted by Crippen LogP contribution is -2.15. The average molecular weight is 255 g/mol. The van der Waals surface area contributed by atoms with Crippen LogP contribution in [0.25, 0.3) is 0 Å². The zero-order chi connectivity index (χ0) is 10.6. The van der Waals surface area contributed by atoms with E-state index in [1.807, 2.05) is 6.07 Å². The Hall–Kier alpha value is -1.05. The van der Waals surface area contributed by atoms with E-state index < -0.39 is 6.10 Å². The summed E-state index contributed by atoms with van der Waals surface area (Å²) in [4.78, 5) is 0. The normalized spacial score (nSPS) is 11.9. The SMILES string of the molecule is CC(O)CNc1ccc(C#N)cc1Br. The van der Waals surface area contributed by atoms with Crippen LogP contribution in [0.5, 0.6) is 0 Å². The Kier molecular flexibility index (Phi) is 3.93. The Labute approximate surface area is 91.5 Å². The second-order valence-electron chi connectivity index (χ2n) is 3.04. The first-order valence-electron chi connectivity index (χ1n) is 4.25. The summed E-state index contributed by atoms with van der Waals surface area (Å²) in [6, 6.07) is 7.33. The summed E-state index contributed by atoms with van der Waals surface area (Å²) in [5.74, 6) is 0. The third kappa shape index (κ3) is 3.02. The van der Waals surface area contributed by atoms with Crippen LogP contribution in [0.4, 0.5) is 5.69 Å². The molecule has 0 spiro atoms. The second kappa shape index (κ2) is 4.99. The largest absolute Gasteiger partial charge is 0.392 e. The van der Waals surface area contributed by atoms with E-state index >= 15 is 0 Å². The molecule has 0 saturated heterocycles. The van der Waals surface area contributed by atoms with E-state index in [-0.39, 0.29) is 0 Å². The zero-order valence-electron chi connectivity index (χ0n) is 7.79. The minimum absolute atomic E-state index is 0.391. The summed E-state index contributed by atoms with van der Waals surface area (Å²) in [6.07, 6.45) is -0.391. The Bertz CT molecular complexity index is 358. The Morgan fingerprint density at radius 1 is 1.64 bits per heavy atom. The van der Waals surface area contributed by atoms with Gasteiger partial charge in [0.25, 0.3) is 0 Å². The number of hydrogen-bond donors (Lipinski definition) is 2. The molecule has 0 amide bonds. The lowest BCUT2D eigenvalue weighted by Gasteiger charge is -2.09. The van der Waals surface area contributed by atoms with Crippen molar-refractivity contribution in [3.63, 3.8) is 0 Å². The molecule has 0 aromatic heterocycles. The fourth-order valence-corrected chi connectivity index (χ4v) is 1.50. The quantitative estimate of drug-likeness (QED) is 0.869. The molecule has 1 atom stereocenters. The van der Waals surface area contributed by atoms with Crippen molar-refractivity contribution in [2.24, 2.45) is 0 Å². The van der Waals surface area contributed by atoms with Crippen LogP contribution >= 0.6 is 15.9 Å². The van der Waals surface area contributed by atoms with Crippen molar-refractivity contribution < 1.29 is 5.11 Å². The topological polar surface area (TPSA) is 56.0 Å². The predicted molar refractivity (Wildman–Crippen MR) is 59.0 cm³/mol. The number of rotatable bonds is 3. The van der Waals surface area contributed by atoms with Crippen molar-refractivity contribution in [3.05, 3.63) is 28.2 Å². The number of aliphatic hydroxyl groups is 1. The van der Waals surface area contributed by atoms with E-state index in [4.69, 9.17) is 10.4 Å². The van der Waals surface area contributed by atoms with Crippen LogP contribution in [0, 0.1) is 11.3 Å². The van der Waals surface area contributed by atoms with Crippen LogP contribution in [0.3, 0.4) is 0 Å². The number of aliphatic hydroxyl groups excluding tert-OH is 1. The molecule has 0 aliphatic carbocycles. The van der Waals surface area contributed by atoms with Gasteiger partial charge in [0, 0.05) is 16.7 Å². The smallest absolute Gasteiger partial charge is 0.0992 e. The Morgan fingerprint density at radius 2 is 2.36 bits per heavy atom. The van der Waals surface area contributed by atoms with E-state index in [1.54, 1.807) is 19.1 Å². The maximum Gasteiger partial charge on any atom is 0.0992 e. The van der Waals surface area contributed by atoms with Crippen LogP contribution in [-0.4, -0.2) is 17.8 Å². The van der Waals surface area contributed by atoms with Gasteiger partial charge in [-0.2, -0.15) is 5.26 Å². The third-order valence-corrected chi connectivity index (χ3v) is 2.34. The van der Waals surface area contributed by atoms with Crippen molar-refractivity contribution in [1.29, 1.82) is 5.26 Å². The predicted octanol–water partition coefficient (Wildman–Crippen LogP) is 2.11. The van der Waals surface area contributed by atoms with Crippen molar-refractivity contribution in [3.8, 4) is 6.07 Å². The summed E-state index contributed by atoms with van der Waals surface area (Å²) in [7, 11) is 0. The van der Waals surface area contributed by atoms with Crippen LogP contribution in [-0.2, 0) is 0 Å². The van der Waals surface area contributed by atoms with E-state index in [9.17, 15) is 0 Å². The van der Waals surface area contributed by atoms with Crippen molar-refractivity contribution in [1.82, 2.24) is 0 Å². The maximum atomic E-state index is 9.08. The highest BCUT2D eigenvalue weighted by Gasteiger charge is 2.01.